The first-order chi connectivity index (χ1) is 15.0. The van der Waals surface area contributed by atoms with Gasteiger partial charge >= 0.3 is 5.97 Å². The number of alkyl halides is 1. The number of thiocarbonyl (C=S) groups is 1. The summed E-state index contributed by atoms with van der Waals surface area (Å²) in [5.74, 6) is -2.45. The number of hydrogen-bond acceptors (Lipinski definition) is 5. The van der Waals surface area contributed by atoms with E-state index in [2.05, 4.69) is 0 Å². The quantitative estimate of drug-likeness (QED) is 0.319. The number of halogens is 2. The highest BCUT2D eigenvalue weighted by Crippen LogP contribution is 2.68. The molecule has 0 heterocycles. The second-order valence-electron chi connectivity index (χ2n) is 10.0. The number of allylic oxidation sites excluding steroid dienone is 6. The molecule has 0 unspecified atom stereocenters. The zero-order chi connectivity index (χ0) is 23.6. The van der Waals surface area contributed by atoms with Crippen molar-refractivity contribution in [1.82, 2.24) is 0 Å². The molecule has 174 valence electrons. The summed E-state index contributed by atoms with van der Waals surface area (Å²) in [5.41, 5.74) is -1.79. The van der Waals surface area contributed by atoms with Crippen molar-refractivity contribution in [2.45, 2.75) is 65.2 Å². The number of rotatable bonds is 3. The summed E-state index contributed by atoms with van der Waals surface area (Å²) < 4.78 is 41.8. The van der Waals surface area contributed by atoms with Gasteiger partial charge in [0, 0.05) is 28.7 Å². The lowest BCUT2D eigenvalue weighted by molar-refractivity contribution is -0.169. The van der Waals surface area contributed by atoms with Gasteiger partial charge in [-0.3, -0.25) is 9.59 Å². The number of hydrogen-bond donors (Lipinski definition) is 0. The van der Waals surface area contributed by atoms with Gasteiger partial charge in [-0.15, -0.1) is 0 Å². The fraction of sp³-hybridized carbons (Fsp3) is 0.640. The molecule has 0 bridgehead atoms. The summed E-state index contributed by atoms with van der Waals surface area (Å²) in [6, 6.07) is 0. The molecule has 4 aliphatic carbocycles. The molecule has 0 radical (unpaired) electrons. The van der Waals surface area contributed by atoms with Crippen LogP contribution in [0.4, 0.5) is 8.78 Å². The highest BCUT2D eigenvalue weighted by Gasteiger charge is 2.70. The third kappa shape index (κ3) is 2.79. The van der Waals surface area contributed by atoms with Crippen molar-refractivity contribution in [3.05, 3.63) is 35.2 Å². The molecular formula is C25H30F2O4S. The minimum absolute atomic E-state index is 0.0408. The first-order valence-electron chi connectivity index (χ1n) is 11.3. The Bertz CT molecular complexity index is 984. The van der Waals surface area contributed by atoms with E-state index in [9.17, 15) is 14.0 Å². The number of fused-ring (bicyclic) bond motifs is 5. The van der Waals surface area contributed by atoms with Crippen molar-refractivity contribution in [3.63, 3.8) is 0 Å². The molecule has 0 saturated heterocycles. The van der Waals surface area contributed by atoms with E-state index in [-0.39, 0.29) is 47.2 Å². The molecule has 0 spiro atoms. The number of esters is 1. The van der Waals surface area contributed by atoms with Crippen LogP contribution >= 0.6 is 12.2 Å². The summed E-state index contributed by atoms with van der Waals surface area (Å²) >= 11 is 5.62. The summed E-state index contributed by atoms with van der Waals surface area (Å²) in [4.78, 5) is 24.4. The van der Waals surface area contributed by atoms with Gasteiger partial charge in [0.15, 0.2) is 11.4 Å². The standard InChI is InChI=1S/C25H30F2O4S/c1-6-19(29)31-25(22(32)30-5)13(2)11-16-14-12-17(26)20-21(27)18(28)8-9-23(20,3)15(14)7-10-24(16,25)4/h7-9,13-14,16-17H,6,10-12H2,1-5H3/t13-,14+,16-,17-,23+,24-,25-/m0/s1. The molecule has 4 aliphatic rings. The van der Waals surface area contributed by atoms with E-state index in [0.29, 0.717) is 12.8 Å². The highest BCUT2D eigenvalue weighted by atomic mass is 32.1. The molecule has 7 atom stereocenters. The van der Waals surface area contributed by atoms with Crippen LogP contribution < -0.4 is 0 Å². The van der Waals surface area contributed by atoms with E-state index in [1.165, 1.54) is 13.2 Å². The lowest BCUT2D eigenvalue weighted by Gasteiger charge is -2.55. The summed E-state index contributed by atoms with van der Waals surface area (Å²) in [6.07, 6.45) is 4.83. The topological polar surface area (TPSA) is 52.6 Å². The number of ether oxygens (including phenoxy) is 2. The van der Waals surface area contributed by atoms with Gasteiger partial charge in [-0.2, -0.15) is 0 Å². The Morgan fingerprint density at radius 1 is 1.31 bits per heavy atom. The van der Waals surface area contributed by atoms with Crippen LogP contribution in [0, 0.1) is 28.6 Å². The Kier molecular flexibility index (Phi) is 5.51. The second kappa shape index (κ2) is 7.57. The first-order valence-corrected chi connectivity index (χ1v) is 11.7. The van der Waals surface area contributed by atoms with Crippen LogP contribution in [-0.2, 0) is 19.1 Å². The molecule has 32 heavy (non-hydrogen) atoms. The Labute approximate surface area is 193 Å². The van der Waals surface area contributed by atoms with Gasteiger partial charge in [0.05, 0.1) is 7.11 Å². The summed E-state index contributed by atoms with van der Waals surface area (Å²) in [5, 5.41) is 0.238. The number of carbonyl (C=O) groups excluding carboxylic acids is 2. The van der Waals surface area contributed by atoms with E-state index >= 15 is 4.39 Å². The minimum Gasteiger partial charge on any atom is -0.487 e. The van der Waals surface area contributed by atoms with Crippen LogP contribution in [0.5, 0.6) is 0 Å². The zero-order valence-corrected chi connectivity index (χ0v) is 20.0. The lowest BCUT2D eigenvalue weighted by atomic mass is 9.51. The minimum atomic E-state index is -1.56. The lowest BCUT2D eigenvalue weighted by Crippen LogP contribution is -2.59. The molecule has 0 amide bonds. The molecule has 0 N–H and O–H groups in total. The highest BCUT2D eigenvalue weighted by molar-refractivity contribution is 7.80. The van der Waals surface area contributed by atoms with Crippen molar-refractivity contribution < 1.29 is 27.8 Å². The predicted octanol–water partition coefficient (Wildman–Crippen LogP) is 5.37. The molecule has 0 aliphatic heterocycles. The van der Waals surface area contributed by atoms with Crippen LogP contribution in [-0.4, -0.2) is 35.7 Å². The molecule has 4 rings (SSSR count). The van der Waals surface area contributed by atoms with E-state index in [4.69, 9.17) is 21.7 Å². The molecule has 4 nitrogen and oxygen atoms in total. The second-order valence-corrected chi connectivity index (χ2v) is 10.4. The third-order valence-corrected chi connectivity index (χ3v) is 9.08. The van der Waals surface area contributed by atoms with Gasteiger partial charge in [-0.25, -0.2) is 8.78 Å². The zero-order valence-electron chi connectivity index (χ0n) is 19.2. The Morgan fingerprint density at radius 2 is 2.00 bits per heavy atom. The van der Waals surface area contributed by atoms with E-state index < -0.39 is 34.2 Å². The smallest absolute Gasteiger partial charge is 0.306 e. The molecule has 2 fully saturated rings. The molecule has 2 saturated carbocycles. The molecule has 7 heteroatoms. The molecule has 0 aromatic carbocycles. The van der Waals surface area contributed by atoms with Crippen LogP contribution in [0.3, 0.4) is 0 Å². The normalized spacial score (nSPS) is 42.6. The number of methoxy groups -OCH3 is 1. The van der Waals surface area contributed by atoms with Crippen molar-refractivity contribution in [3.8, 4) is 0 Å². The van der Waals surface area contributed by atoms with Gasteiger partial charge in [0.25, 0.3) is 0 Å². The van der Waals surface area contributed by atoms with Crippen molar-refractivity contribution >= 4 is 29.0 Å². The van der Waals surface area contributed by atoms with E-state index in [1.54, 1.807) is 19.9 Å². The van der Waals surface area contributed by atoms with E-state index in [1.807, 2.05) is 19.9 Å². The monoisotopic (exact) mass is 464 g/mol. The Hall–Kier alpha value is -1.89. The third-order valence-electron chi connectivity index (χ3n) is 8.61. The molecule has 0 aromatic heterocycles. The SMILES string of the molecule is CCC(=O)O[C@]1(C(=S)OC)[C@@H](C)C[C@H]2[C@@H]3C[C@H](F)C4=C(F)C(=O)C=C[C@]4(C)C3=CC[C@@]21C. The van der Waals surface area contributed by atoms with Crippen molar-refractivity contribution in [2.24, 2.45) is 28.6 Å². The van der Waals surface area contributed by atoms with Crippen molar-refractivity contribution in [2.75, 3.05) is 7.11 Å². The summed E-state index contributed by atoms with van der Waals surface area (Å²) in [7, 11) is 1.49. The van der Waals surface area contributed by atoms with Crippen LogP contribution in [0.2, 0.25) is 0 Å². The maximum atomic E-state index is 15.5. The van der Waals surface area contributed by atoms with E-state index in [0.717, 1.165) is 5.57 Å². The van der Waals surface area contributed by atoms with Crippen LogP contribution in [0.1, 0.15) is 53.4 Å². The van der Waals surface area contributed by atoms with Crippen LogP contribution in [0.15, 0.2) is 35.2 Å². The average Bonchev–Trinajstić information content (AvgIpc) is 2.98. The first kappa shape index (κ1) is 23.3. The summed E-state index contributed by atoms with van der Waals surface area (Å²) in [6.45, 7) is 7.57. The molecule has 0 aromatic rings. The van der Waals surface area contributed by atoms with Gasteiger partial charge in [0.2, 0.25) is 10.8 Å². The van der Waals surface area contributed by atoms with Crippen molar-refractivity contribution in [1.29, 1.82) is 0 Å². The fourth-order valence-electron chi connectivity index (χ4n) is 7.05. The largest absolute Gasteiger partial charge is 0.487 e. The maximum absolute atomic E-state index is 15.5. The Balaban J connectivity index is 1.86. The predicted molar refractivity (Wildman–Crippen MR) is 120 cm³/mol. The van der Waals surface area contributed by atoms with Gasteiger partial charge in [-0.1, -0.05) is 38.5 Å². The maximum Gasteiger partial charge on any atom is 0.306 e. The fourth-order valence-corrected chi connectivity index (χ4v) is 7.53. The van der Waals surface area contributed by atoms with Crippen LogP contribution in [0.25, 0.3) is 0 Å². The number of ketones is 1. The van der Waals surface area contributed by atoms with Gasteiger partial charge in [0.1, 0.15) is 6.17 Å². The Morgan fingerprint density at radius 3 is 2.62 bits per heavy atom. The van der Waals surface area contributed by atoms with Gasteiger partial charge < -0.3 is 9.47 Å². The number of carbonyl (C=O) groups is 2. The average molecular weight is 465 g/mol. The van der Waals surface area contributed by atoms with Gasteiger partial charge in [-0.05, 0) is 56.3 Å². The molecular weight excluding hydrogens is 434 g/mol.